The number of nitrogens with zero attached hydrogens (tertiary/aromatic N) is 2. The molecule has 0 aliphatic rings. The Morgan fingerprint density at radius 3 is 2.61 bits per heavy atom. The van der Waals surface area contributed by atoms with Crippen LogP contribution in [0.5, 0.6) is 0 Å². The molecular formula is C14H14N2O2. The molecule has 0 aliphatic carbocycles. The molecule has 2 aromatic rings. The van der Waals surface area contributed by atoms with Crippen molar-refractivity contribution in [2.75, 3.05) is 0 Å². The molecule has 0 atom stereocenters. The highest BCUT2D eigenvalue weighted by molar-refractivity contribution is 5.91. The fraction of sp³-hybridized carbons (Fsp3) is 0.286. The lowest BCUT2D eigenvalue weighted by molar-refractivity contribution is 0.0543. The third kappa shape index (κ3) is 2.21. The first-order chi connectivity index (χ1) is 8.42. The summed E-state index contributed by atoms with van der Waals surface area (Å²) in [7, 11) is 0. The number of ether oxygens (including phenoxy) is 1. The summed E-state index contributed by atoms with van der Waals surface area (Å²) < 4.78 is 6.61. The van der Waals surface area contributed by atoms with Gasteiger partial charge in [-0.2, -0.15) is 5.26 Å². The van der Waals surface area contributed by atoms with Crippen LogP contribution in [0.2, 0.25) is 0 Å². The molecule has 18 heavy (non-hydrogen) atoms. The highest BCUT2D eigenvalue weighted by atomic mass is 16.6. The second-order valence-electron chi connectivity index (χ2n) is 5.02. The molecule has 0 unspecified atom stereocenters. The standard InChI is InChI=1S/C14H14N2O2/c1-14(2,3)18-13(17)16-11(9-15)8-10-6-4-5-7-12(10)16/h4-8H,1-3H3. The van der Waals surface area contributed by atoms with E-state index < -0.39 is 11.7 Å². The maximum Gasteiger partial charge on any atom is 0.420 e. The number of carbonyl (C=O) groups is 1. The zero-order chi connectivity index (χ0) is 13.3. The molecule has 0 amide bonds. The monoisotopic (exact) mass is 242 g/mol. The number of hydrogen-bond donors (Lipinski definition) is 0. The molecular weight excluding hydrogens is 228 g/mol. The lowest BCUT2D eigenvalue weighted by Gasteiger charge is -2.20. The van der Waals surface area contributed by atoms with E-state index in [0.717, 1.165) is 5.39 Å². The second kappa shape index (κ2) is 4.19. The average molecular weight is 242 g/mol. The maximum atomic E-state index is 12.1. The zero-order valence-corrected chi connectivity index (χ0v) is 10.6. The SMILES string of the molecule is CC(C)(C)OC(=O)n1c(C#N)cc2ccccc21. The molecule has 1 aromatic carbocycles. The molecule has 4 heteroatoms. The van der Waals surface area contributed by atoms with Crippen LogP contribution in [0.25, 0.3) is 10.9 Å². The molecule has 0 saturated heterocycles. The van der Waals surface area contributed by atoms with E-state index in [2.05, 4.69) is 0 Å². The molecule has 0 bridgehead atoms. The summed E-state index contributed by atoms with van der Waals surface area (Å²) >= 11 is 0. The summed E-state index contributed by atoms with van der Waals surface area (Å²) in [6.07, 6.45) is -0.528. The van der Waals surface area contributed by atoms with Gasteiger partial charge in [0.2, 0.25) is 0 Å². The van der Waals surface area contributed by atoms with Crippen LogP contribution in [0.4, 0.5) is 4.79 Å². The highest BCUT2D eigenvalue weighted by Gasteiger charge is 2.21. The van der Waals surface area contributed by atoms with Gasteiger partial charge in [-0.05, 0) is 32.9 Å². The number of para-hydroxylation sites is 1. The van der Waals surface area contributed by atoms with Crippen LogP contribution in [0.15, 0.2) is 30.3 Å². The van der Waals surface area contributed by atoms with Crippen molar-refractivity contribution < 1.29 is 9.53 Å². The van der Waals surface area contributed by atoms with Crippen molar-refractivity contribution in [3.05, 3.63) is 36.0 Å². The Morgan fingerprint density at radius 2 is 2.00 bits per heavy atom. The minimum atomic E-state index is -0.588. The minimum absolute atomic E-state index is 0.283. The Bertz CT molecular complexity index is 642. The molecule has 1 heterocycles. The van der Waals surface area contributed by atoms with Crippen LogP contribution in [-0.2, 0) is 4.74 Å². The van der Waals surface area contributed by atoms with Crippen molar-refractivity contribution in [1.29, 1.82) is 5.26 Å². The summed E-state index contributed by atoms with van der Waals surface area (Å²) in [5.41, 5.74) is 0.378. The number of fused-ring (bicyclic) bond motifs is 1. The van der Waals surface area contributed by atoms with Gasteiger partial charge in [0.25, 0.3) is 0 Å². The highest BCUT2D eigenvalue weighted by Crippen LogP contribution is 2.21. The molecule has 0 N–H and O–H groups in total. The van der Waals surface area contributed by atoms with Gasteiger partial charge in [-0.15, -0.1) is 0 Å². The third-order valence-corrected chi connectivity index (χ3v) is 2.40. The van der Waals surface area contributed by atoms with Crippen LogP contribution in [0.3, 0.4) is 0 Å². The van der Waals surface area contributed by atoms with Gasteiger partial charge in [-0.1, -0.05) is 18.2 Å². The number of carbonyl (C=O) groups excluding carboxylic acids is 1. The topological polar surface area (TPSA) is 55.0 Å². The molecule has 0 radical (unpaired) electrons. The lowest BCUT2D eigenvalue weighted by atomic mass is 10.2. The van der Waals surface area contributed by atoms with Gasteiger partial charge in [-0.25, -0.2) is 9.36 Å². The van der Waals surface area contributed by atoms with E-state index in [1.54, 1.807) is 32.9 Å². The quantitative estimate of drug-likeness (QED) is 0.712. The third-order valence-electron chi connectivity index (χ3n) is 2.40. The lowest BCUT2D eigenvalue weighted by Crippen LogP contribution is -2.27. The van der Waals surface area contributed by atoms with Gasteiger partial charge in [0.15, 0.2) is 0 Å². The number of rotatable bonds is 0. The fourth-order valence-corrected chi connectivity index (χ4v) is 1.74. The summed E-state index contributed by atoms with van der Waals surface area (Å²) in [5, 5.41) is 9.94. The van der Waals surface area contributed by atoms with Crippen LogP contribution in [-0.4, -0.2) is 16.3 Å². The summed E-state index contributed by atoms with van der Waals surface area (Å²) in [4.78, 5) is 12.1. The summed E-state index contributed by atoms with van der Waals surface area (Å²) in [6, 6.07) is 11.0. The largest absolute Gasteiger partial charge is 0.443 e. The predicted octanol–water partition coefficient (Wildman–Crippen LogP) is 3.30. The van der Waals surface area contributed by atoms with Gasteiger partial charge in [0, 0.05) is 5.39 Å². The molecule has 4 nitrogen and oxygen atoms in total. The van der Waals surface area contributed by atoms with E-state index in [4.69, 9.17) is 10.00 Å². The van der Waals surface area contributed by atoms with Gasteiger partial charge >= 0.3 is 6.09 Å². The smallest absolute Gasteiger partial charge is 0.420 e. The Labute approximate surface area is 105 Å². The molecule has 0 fully saturated rings. The minimum Gasteiger partial charge on any atom is -0.443 e. The van der Waals surface area contributed by atoms with Gasteiger partial charge in [-0.3, -0.25) is 0 Å². The number of benzene rings is 1. The zero-order valence-electron chi connectivity index (χ0n) is 10.6. The van der Waals surface area contributed by atoms with Crippen molar-refractivity contribution in [3.63, 3.8) is 0 Å². The van der Waals surface area contributed by atoms with Crippen molar-refractivity contribution >= 4 is 17.0 Å². The first kappa shape index (κ1) is 12.2. The van der Waals surface area contributed by atoms with E-state index in [-0.39, 0.29) is 5.69 Å². The summed E-state index contributed by atoms with van der Waals surface area (Å²) in [5.74, 6) is 0. The van der Waals surface area contributed by atoms with Crippen molar-refractivity contribution in [2.45, 2.75) is 26.4 Å². The van der Waals surface area contributed by atoms with E-state index in [9.17, 15) is 4.79 Å². The van der Waals surface area contributed by atoms with Gasteiger partial charge < -0.3 is 4.74 Å². The fourth-order valence-electron chi connectivity index (χ4n) is 1.74. The van der Waals surface area contributed by atoms with Gasteiger partial charge in [0.1, 0.15) is 17.4 Å². The number of nitriles is 1. The van der Waals surface area contributed by atoms with E-state index in [1.165, 1.54) is 4.57 Å². The van der Waals surface area contributed by atoms with Crippen LogP contribution < -0.4 is 0 Å². The summed E-state index contributed by atoms with van der Waals surface area (Å²) in [6.45, 7) is 5.38. The normalized spacial score (nSPS) is 11.2. The molecule has 2 rings (SSSR count). The van der Waals surface area contributed by atoms with Crippen molar-refractivity contribution in [3.8, 4) is 6.07 Å². The Morgan fingerprint density at radius 1 is 1.33 bits per heavy atom. The number of hydrogen-bond acceptors (Lipinski definition) is 3. The first-order valence-corrected chi connectivity index (χ1v) is 5.66. The van der Waals surface area contributed by atoms with Crippen LogP contribution in [0, 0.1) is 11.3 Å². The van der Waals surface area contributed by atoms with Gasteiger partial charge in [0.05, 0.1) is 5.52 Å². The Kier molecular flexibility index (Phi) is 2.84. The van der Waals surface area contributed by atoms with Crippen LogP contribution >= 0.6 is 0 Å². The Hall–Kier alpha value is -2.28. The van der Waals surface area contributed by atoms with Crippen molar-refractivity contribution in [1.82, 2.24) is 4.57 Å². The second-order valence-corrected chi connectivity index (χ2v) is 5.02. The van der Waals surface area contributed by atoms with E-state index >= 15 is 0 Å². The molecule has 0 spiro atoms. The van der Waals surface area contributed by atoms with E-state index in [1.807, 2.05) is 24.3 Å². The predicted molar refractivity (Wildman–Crippen MR) is 68.3 cm³/mol. The Balaban J connectivity index is 2.56. The first-order valence-electron chi connectivity index (χ1n) is 5.66. The van der Waals surface area contributed by atoms with Crippen molar-refractivity contribution in [2.24, 2.45) is 0 Å². The maximum absolute atomic E-state index is 12.1. The molecule has 92 valence electrons. The molecule has 0 aliphatic heterocycles. The molecule has 1 aromatic heterocycles. The molecule has 0 saturated carbocycles. The number of aromatic nitrogens is 1. The average Bonchev–Trinajstić information content (AvgIpc) is 2.64. The van der Waals surface area contributed by atoms with E-state index in [0.29, 0.717) is 5.52 Å². The van der Waals surface area contributed by atoms with Crippen LogP contribution in [0.1, 0.15) is 26.5 Å².